The highest BCUT2D eigenvalue weighted by Gasteiger charge is 2.28. The third-order valence-corrected chi connectivity index (χ3v) is 4.47. The maximum Gasteiger partial charge on any atom is 0.242 e. The summed E-state index contributed by atoms with van der Waals surface area (Å²) < 4.78 is 0. The first-order valence-electron chi connectivity index (χ1n) is 7.99. The number of piperidine rings is 1. The normalized spacial score (nSPS) is 25.2. The van der Waals surface area contributed by atoms with Gasteiger partial charge in [0.1, 0.15) is 0 Å². The molecule has 2 heterocycles. The monoisotopic (exact) mass is 281 g/mol. The van der Waals surface area contributed by atoms with Crippen LogP contribution in [0.15, 0.2) is 0 Å². The van der Waals surface area contributed by atoms with Crippen LogP contribution in [0.5, 0.6) is 0 Å². The average Bonchev–Trinajstić information content (AvgIpc) is 2.46. The van der Waals surface area contributed by atoms with Gasteiger partial charge in [-0.1, -0.05) is 12.8 Å². The molecule has 0 aromatic heterocycles. The van der Waals surface area contributed by atoms with Crippen LogP contribution in [0.2, 0.25) is 0 Å². The summed E-state index contributed by atoms with van der Waals surface area (Å²) in [6, 6.07) is 0.168. The van der Waals surface area contributed by atoms with Crippen LogP contribution in [0.1, 0.15) is 51.4 Å². The highest BCUT2D eigenvalue weighted by molar-refractivity contribution is 5.85. The third-order valence-electron chi connectivity index (χ3n) is 4.47. The molecule has 0 aromatic carbocycles. The topological polar surface area (TPSA) is 66.6 Å². The molecular formula is C15H27N3O2. The fourth-order valence-electron chi connectivity index (χ4n) is 3.21. The van der Waals surface area contributed by atoms with E-state index in [2.05, 4.69) is 0 Å². The quantitative estimate of drug-likeness (QED) is 0.843. The second kappa shape index (κ2) is 7.62. The number of carbonyl (C=O) groups is 2. The Morgan fingerprint density at radius 3 is 2.65 bits per heavy atom. The number of hydrogen-bond acceptors (Lipinski definition) is 3. The van der Waals surface area contributed by atoms with Crippen molar-refractivity contribution in [1.82, 2.24) is 9.80 Å². The lowest BCUT2D eigenvalue weighted by molar-refractivity contribution is -0.143. The highest BCUT2D eigenvalue weighted by Crippen LogP contribution is 2.17. The van der Waals surface area contributed by atoms with Gasteiger partial charge in [0, 0.05) is 32.1 Å². The van der Waals surface area contributed by atoms with Crippen LogP contribution in [-0.4, -0.2) is 53.8 Å². The smallest absolute Gasteiger partial charge is 0.242 e. The van der Waals surface area contributed by atoms with Crippen molar-refractivity contribution in [2.24, 2.45) is 5.73 Å². The zero-order valence-electron chi connectivity index (χ0n) is 12.4. The van der Waals surface area contributed by atoms with Gasteiger partial charge in [0.05, 0.1) is 6.54 Å². The van der Waals surface area contributed by atoms with Crippen molar-refractivity contribution in [3.63, 3.8) is 0 Å². The largest absolute Gasteiger partial charge is 0.337 e. The molecule has 0 bridgehead atoms. The molecule has 2 amide bonds. The Morgan fingerprint density at radius 1 is 1.10 bits per heavy atom. The van der Waals surface area contributed by atoms with E-state index in [-0.39, 0.29) is 24.4 Å². The Labute approximate surface area is 121 Å². The van der Waals surface area contributed by atoms with Crippen LogP contribution in [0.3, 0.4) is 0 Å². The molecule has 2 N–H and O–H groups in total. The van der Waals surface area contributed by atoms with E-state index in [1.165, 1.54) is 0 Å². The summed E-state index contributed by atoms with van der Waals surface area (Å²) in [5, 5.41) is 0. The molecule has 5 heteroatoms. The van der Waals surface area contributed by atoms with Gasteiger partial charge in [0.2, 0.25) is 11.8 Å². The molecule has 0 aliphatic carbocycles. The minimum atomic E-state index is 0.0778. The van der Waals surface area contributed by atoms with Crippen LogP contribution in [0, 0.1) is 0 Å². The molecule has 5 nitrogen and oxygen atoms in total. The van der Waals surface area contributed by atoms with Crippen LogP contribution in [0.4, 0.5) is 0 Å². The first-order valence-corrected chi connectivity index (χ1v) is 7.99. The van der Waals surface area contributed by atoms with Crippen molar-refractivity contribution in [3.8, 4) is 0 Å². The van der Waals surface area contributed by atoms with Gasteiger partial charge in [-0.3, -0.25) is 9.59 Å². The summed E-state index contributed by atoms with van der Waals surface area (Å²) in [5.41, 5.74) is 5.76. The van der Waals surface area contributed by atoms with E-state index in [0.29, 0.717) is 13.0 Å². The first kappa shape index (κ1) is 15.3. The summed E-state index contributed by atoms with van der Waals surface area (Å²) in [5.74, 6) is 0.216. The van der Waals surface area contributed by atoms with Crippen LogP contribution in [-0.2, 0) is 9.59 Å². The van der Waals surface area contributed by atoms with E-state index in [1.54, 1.807) is 4.90 Å². The van der Waals surface area contributed by atoms with E-state index in [9.17, 15) is 9.59 Å². The van der Waals surface area contributed by atoms with E-state index in [0.717, 1.165) is 58.0 Å². The molecule has 2 fully saturated rings. The van der Waals surface area contributed by atoms with E-state index < -0.39 is 0 Å². The zero-order valence-corrected chi connectivity index (χ0v) is 12.4. The second-order valence-corrected chi connectivity index (χ2v) is 5.95. The Bertz CT molecular complexity index is 346. The summed E-state index contributed by atoms with van der Waals surface area (Å²) >= 11 is 0. The van der Waals surface area contributed by atoms with Crippen molar-refractivity contribution in [3.05, 3.63) is 0 Å². The fourth-order valence-corrected chi connectivity index (χ4v) is 3.21. The Morgan fingerprint density at radius 2 is 1.85 bits per heavy atom. The number of nitrogens with zero attached hydrogens (tertiary/aromatic N) is 2. The van der Waals surface area contributed by atoms with Gasteiger partial charge in [0.15, 0.2) is 0 Å². The lowest BCUT2D eigenvalue weighted by Gasteiger charge is -2.36. The molecule has 2 rings (SSSR count). The zero-order chi connectivity index (χ0) is 14.4. The summed E-state index contributed by atoms with van der Waals surface area (Å²) in [6.45, 7) is 2.30. The van der Waals surface area contributed by atoms with Gasteiger partial charge in [-0.2, -0.15) is 0 Å². The molecule has 20 heavy (non-hydrogen) atoms. The summed E-state index contributed by atoms with van der Waals surface area (Å²) in [4.78, 5) is 28.2. The van der Waals surface area contributed by atoms with Crippen molar-refractivity contribution >= 4 is 11.8 Å². The number of amides is 2. The molecule has 2 saturated heterocycles. The number of hydrogen-bond donors (Lipinski definition) is 1. The SMILES string of the molecule is NCC1CCCCN1C(=O)CN1CCCCCCC1=O. The van der Waals surface area contributed by atoms with Gasteiger partial charge in [-0.05, 0) is 32.1 Å². The van der Waals surface area contributed by atoms with Crippen molar-refractivity contribution in [2.45, 2.75) is 57.4 Å². The van der Waals surface area contributed by atoms with Crippen molar-refractivity contribution < 1.29 is 9.59 Å². The van der Waals surface area contributed by atoms with Crippen molar-refractivity contribution in [2.75, 3.05) is 26.2 Å². The number of likely N-dealkylation sites (tertiary alicyclic amines) is 2. The minimum Gasteiger partial charge on any atom is -0.337 e. The molecule has 1 unspecified atom stereocenters. The average molecular weight is 281 g/mol. The standard InChI is InChI=1S/C15H27N3O2/c16-11-13-7-4-6-10-18(13)15(20)12-17-9-5-2-1-3-8-14(17)19/h13H,1-12,16H2. The summed E-state index contributed by atoms with van der Waals surface area (Å²) in [7, 11) is 0. The predicted octanol–water partition coefficient (Wildman–Crippen LogP) is 1.12. The second-order valence-electron chi connectivity index (χ2n) is 5.95. The number of nitrogens with two attached hydrogens (primary N) is 1. The fraction of sp³-hybridized carbons (Fsp3) is 0.867. The van der Waals surface area contributed by atoms with E-state index >= 15 is 0 Å². The maximum atomic E-state index is 12.5. The molecule has 0 aromatic rings. The molecule has 2 aliphatic rings. The Hall–Kier alpha value is -1.10. The third kappa shape index (κ3) is 3.95. The maximum absolute atomic E-state index is 12.5. The van der Waals surface area contributed by atoms with Crippen LogP contribution >= 0.6 is 0 Å². The van der Waals surface area contributed by atoms with Gasteiger partial charge >= 0.3 is 0 Å². The molecular weight excluding hydrogens is 254 g/mol. The number of carbonyl (C=O) groups excluding carboxylic acids is 2. The lowest BCUT2D eigenvalue weighted by Crippen LogP contribution is -2.51. The molecule has 114 valence electrons. The van der Waals surface area contributed by atoms with Crippen LogP contribution in [0.25, 0.3) is 0 Å². The summed E-state index contributed by atoms with van der Waals surface area (Å²) in [6.07, 6.45) is 8.05. The van der Waals surface area contributed by atoms with Gasteiger partial charge in [-0.25, -0.2) is 0 Å². The molecule has 0 saturated carbocycles. The molecule has 2 aliphatic heterocycles. The van der Waals surface area contributed by atoms with Gasteiger partial charge in [-0.15, -0.1) is 0 Å². The molecule has 1 atom stereocenters. The van der Waals surface area contributed by atoms with Gasteiger partial charge in [0.25, 0.3) is 0 Å². The lowest BCUT2D eigenvalue weighted by atomic mass is 10.0. The van der Waals surface area contributed by atoms with Crippen LogP contribution < -0.4 is 5.73 Å². The Kier molecular flexibility index (Phi) is 5.83. The molecule has 0 radical (unpaired) electrons. The minimum absolute atomic E-state index is 0.0778. The van der Waals surface area contributed by atoms with Crippen molar-refractivity contribution in [1.29, 1.82) is 0 Å². The highest BCUT2D eigenvalue weighted by atomic mass is 16.2. The van der Waals surface area contributed by atoms with Gasteiger partial charge < -0.3 is 15.5 Å². The van der Waals surface area contributed by atoms with E-state index in [1.807, 2.05) is 4.90 Å². The first-order chi connectivity index (χ1) is 9.72. The number of rotatable bonds is 3. The Balaban J connectivity index is 1.92. The molecule has 0 spiro atoms. The van der Waals surface area contributed by atoms with E-state index in [4.69, 9.17) is 5.73 Å². The predicted molar refractivity (Wildman–Crippen MR) is 78.1 cm³/mol.